The van der Waals surface area contributed by atoms with E-state index in [1.54, 1.807) is 7.11 Å². The molecule has 0 bridgehead atoms. The molecule has 0 unspecified atom stereocenters. The minimum atomic E-state index is 0.215. The predicted molar refractivity (Wildman–Crippen MR) is 85.2 cm³/mol. The summed E-state index contributed by atoms with van der Waals surface area (Å²) in [7, 11) is 1.72. The van der Waals surface area contributed by atoms with Crippen molar-refractivity contribution in [2.75, 3.05) is 26.8 Å². The number of benzene rings is 1. The van der Waals surface area contributed by atoms with Gasteiger partial charge in [-0.3, -0.25) is 0 Å². The fourth-order valence-corrected chi connectivity index (χ4v) is 1.85. The molecular formula is C17H27NO2. The Kier molecular flexibility index (Phi) is 8.00. The van der Waals surface area contributed by atoms with Crippen molar-refractivity contribution in [2.24, 2.45) is 0 Å². The van der Waals surface area contributed by atoms with Crippen LogP contribution in [0.25, 0.3) is 6.08 Å². The Hall–Kier alpha value is -1.32. The van der Waals surface area contributed by atoms with Gasteiger partial charge in [0.25, 0.3) is 0 Å². The molecule has 0 aliphatic rings. The van der Waals surface area contributed by atoms with Crippen molar-refractivity contribution in [2.45, 2.75) is 33.3 Å². The van der Waals surface area contributed by atoms with Gasteiger partial charge in [0.1, 0.15) is 5.75 Å². The maximum absolute atomic E-state index is 5.65. The van der Waals surface area contributed by atoms with Gasteiger partial charge in [-0.15, -0.1) is 0 Å². The van der Waals surface area contributed by atoms with E-state index in [0.29, 0.717) is 0 Å². The van der Waals surface area contributed by atoms with E-state index in [1.807, 2.05) is 26.0 Å². The lowest BCUT2D eigenvalue weighted by molar-refractivity contribution is 0.200. The second-order valence-electron chi connectivity index (χ2n) is 5.06. The van der Waals surface area contributed by atoms with Crippen molar-refractivity contribution in [3.8, 4) is 5.75 Å². The molecule has 0 amide bonds. The third kappa shape index (κ3) is 6.73. The van der Waals surface area contributed by atoms with E-state index in [9.17, 15) is 0 Å². The van der Waals surface area contributed by atoms with Crippen LogP contribution in [0.3, 0.4) is 0 Å². The van der Waals surface area contributed by atoms with Crippen LogP contribution in [0.1, 0.15) is 32.8 Å². The van der Waals surface area contributed by atoms with E-state index in [-0.39, 0.29) is 6.10 Å². The number of rotatable bonds is 9. The van der Waals surface area contributed by atoms with Crippen LogP contribution in [0.15, 0.2) is 29.8 Å². The molecule has 0 saturated carbocycles. The monoisotopic (exact) mass is 277 g/mol. The number of nitrogens with one attached hydrogen (secondary N) is 1. The van der Waals surface area contributed by atoms with Gasteiger partial charge in [0.15, 0.2) is 0 Å². The Morgan fingerprint density at radius 2 is 1.95 bits per heavy atom. The molecule has 0 aliphatic carbocycles. The minimum absolute atomic E-state index is 0.215. The van der Waals surface area contributed by atoms with Gasteiger partial charge in [-0.2, -0.15) is 0 Å². The zero-order valence-corrected chi connectivity index (χ0v) is 13.1. The summed E-state index contributed by atoms with van der Waals surface area (Å²) < 4.78 is 10.7. The smallest absolute Gasteiger partial charge is 0.119 e. The van der Waals surface area contributed by atoms with Crippen LogP contribution in [0, 0.1) is 0 Å². The lowest BCUT2D eigenvalue weighted by atomic mass is 10.1. The molecule has 20 heavy (non-hydrogen) atoms. The Morgan fingerprint density at radius 1 is 1.25 bits per heavy atom. The maximum Gasteiger partial charge on any atom is 0.119 e. The first-order valence-electron chi connectivity index (χ1n) is 7.31. The van der Waals surface area contributed by atoms with Crippen molar-refractivity contribution >= 4 is 6.08 Å². The van der Waals surface area contributed by atoms with Gasteiger partial charge in [-0.05, 0) is 38.0 Å². The second-order valence-corrected chi connectivity index (χ2v) is 5.06. The lowest BCUT2D eigenvalue weighted by Gasteiger charge is -2.10. The standard InChI is InChI=1S/C17H27NO2/c1-5-15(13-18-10-11-19-4)12-16-6-8-17(9-7-16)20-14(2)3/h6-9,12,14,18H,5,10-11,13H2,1-4H3. The van der Waals surface area contributed by atoms with Crippen molar-refractivity contribution < 1.29 is 9.47 Å². The fraction of sp³-hybridized carbons (Fsp3) is 0.529. The first kappa shape index (κ1) is 16.7. The van der Waals surface area contributed by atoms with Crippen LogP contribution in [-0.4, -0.2) is 32.9 Å². The molecule has 0 aromatic heterocycles. The molecule has 3 heteroatoms. The van der Waals surface area contributed by atoms with Gasteiger partial charge < -0.3 is 14.8 Å². The average molecular weight is 277 g/mol. The fourth-order valence-electron chi connectivity index (χ4n) is 1.85. The quantitative estimate of drug-likeness (QED) is 0.701. The number of hydrogen-bond acceptors (Lipinski definition) is 3. The first-order valence-corrected chi connectivity index (χ1v) is 7.31. The molecule has 0 radical (unpaired) electrons. The lowest BCUT2D eigenvalue weighted by Crippen LogP contribution is -2.21. The van der Waals surface area contributed by atoms with E-state index < -0.39 is 0 Å². The molecule has 1 rings (SSSR count). The van der Waals surface area contributed by atoms with E-state index >= 15 is 0 Å². The van der Waals surface area contributed by atoms with Crippen LogP contribution >= 0.6 is 0 Å². The molecule has 1 aromatic carbocycles. The van der Waals surface area contributed by atoms with E-state index in [4.69, 9.17) is 9.47 Å². The molecular weight excluding hydrogens is 250 g/mol. The molecule has 0 fully saturated rings. The van der Waals surface area contributed by atoms with Crippen molar-refractivity contribution in [1.29, 1.82) is 0 Å². The van der Waals surface area contributed by atoms with Crippen LogP contribution in [0.5, 0.6) is 5.75 Å². The summed E-state index contributed by atoms with van der Waals surface area (Å²) >= 11 is 0. The number of ether oxygens (including phenoxy) is 2. The molecule has 0 spiro atoms. The molecule has 3 nitrogen and oxygen atoms in total. The number of methoxy groups -OCH3 is 1. The SMILES string of the molecule is CCC(=Cc1ccc(OC(C)C)cc1)CNCCOC. The minimum Gasteiger partial charge on any atom is -0.491 e. The summed E-state index contributed by atoms with van der Waals surface area (Å²) in [5, 5.41) is 3.38. The van der Waals surface area contributed by atoms with E-state index in [1.165, 1.54) is 11.1 Å². The largest absolute Gasteiger partial charge is 0.491 e. The predicted octanol–water partition coefficient (Wildman–Crippen LogP) is 3.50. The summed E-state index contributed by atoms with van der Waals surface area (Å²) in [6, 6.07) is 8.25. The third-order valence-electron chi connectivity index (χ3n) is 2.91. The number of hydrogen-bond donors (Lipinski definition) is 1. The highest BCUT2D eigenvalue weighted by Crippen LogP contribution is 2.16. The summed E-state index contributed by atoms with van der Waals surface area (Å²) in [5.41, 5.74) is 2.60. The zero-order valence-electron chi connectivity index (χ0n) is 13.1. The molecule has 0 heterocycles. The molecule has 1 aromatic rings. The summed E-state index contributed by atoms with van der Waals surface area (Å²) in [6.45, 7) is 8.79. The molecule has 0 atom stereocenters. The van der Waals surface area contributed by atoms with Crippen molar-refractivity contribution in [3.63, 3.8) is 0 Å². The normalized spacial score (nSPS) is 11.9. The molecule has 112 valence electrons. The van der Waals surface area contributed by atoms with Gasteiger partial charge in [0.05, 0.1) is 12.7 Å². The molecule has 0 saturated heterocycles. The first-order chi connectivity index (χ1) is 9.65. The maximum atomic E-state index is 5.65. The van der Waals surface area contributed by atoms with Crippen molar-refractivity contribution in [3.05, 3.63) is 35.4 Å². The summed E-state index contributed by atoms with van der Waals surface area (Å²) in [6.07, 6.45) is 3.50. The van der Waals surface area contributed by atoms with Gasteiger partial charge >= 0.3 is 0 Å². The van der Waals surface area contributed by atoms with Gasteiger partial charge in [-0.25, -0.2) is 0 Å². The van der Waals surface area contributed by atoms with E-state index in [2.05, 4.69) is 30.4 Å². The Bertz CT molecular complexity index is 396. The molecule has 0 aliphatic heterocycles. The van der Waals surface area contributed by atoms with Crippen LogP contribution < -0.4 is 10.1 Å². The van der Waals surface area contributed by atoms with Crippen LogP contribution in [0.4, 0.5) is 0 Å². The third-order valence-corrected chi connectivity index (χ3v) is 2.91. The van der Waals surface area contributed by atoms with Gasteiger partial charge in [0, 0.05) is 20.2 Å². The second kappa shape index (κ2) is 9.56. The topological polar surface area (TPSA) is 30.5 Å². The highest BCUT2D eigenvalue weighted by atomic mass is 16.5. The molecule has 1 N–H and O–H groups in total. The van der Waals surface area contributed by atoms with Crippen LogP contribution in [-0.2, 0) is 4.74 Å². The summed E-state index contributed by atoms with van der Waals surface area (Å²) in [5.74, 6) is 0.924. The highest BCUT2D eigenvalue weighted by Gasteiger charge is 1.99. The Labute approximate surface area is 123 Å². The zero-order chi connectivity index (χ0) is 14.8. The average Bonchev–Trinajstić information content (AvgIpc) is 2.43. The van der Waals surface area contributed by atoms with E-state index in [0.717, 1.165) is 31.9 Å². The van der Waals surface area contributed by atoms with Gasteiger partial charge in [-0.1, -0.05) is 30.7 Å². The Morgan fingerprint density at radius 3 is 2.50 bits per heavy atom. The van der Waals surface area contributed by atoms with Crippen molar-refractivity contribution in [1.82, 2.24) is 5.32 Å². The highest BCUT2D eigenvalue weighted by molar-refractivity contribution is 5.54. The summed E-state index contributed by atoms with van der Waals surface area (Å²) in [4.78, 5) is 0. The van der Waals surface area contributed by atoms with Gasteiger partial charge in [0.2, 0.25) is 0 Å². The van der Waals surface area contributed by atoms with Crippen LogP contribution in [0.2, 0.25) is 0 Å². The Balaban J connectivity index is 2.56.